The number of imide groups is 1. The largest absolute Gasteiger partial charge is 0.328 e. The molecule has 0 saturated carbocycles. The first kappa shape index (κ1) is 21.2. The molecule has 1 atom stereocenters. The maximum atomic E-state index is 13.1. The fourth-order valence-corrected chi connectivity index (χ4v) is 3.70. The van der Waals surface area contributed by atoms with Crippen molar-refractivity contribution in [1.29, 1.82) is 0 Å². The van der Waals surface area contributed by atoms with Crippen LogP contribution in [0.25, 0.3) is 0 Å². The Hall–Kier alpha value is -4.00. The monoisotopic (exact) mass is 428 g/mol. The minimum absolute atomic E-state index is 0.424. The predicted octanol–water partition coefficient (Wildman–Crippen LogP) is 2.74. The highest BCUT2D eigenvalue weighted by Gasteiger charge is 2.49. The Balaban J connectivity index is 1.55. The number of nitrogens with one attached hydrogen (secondary N) is 1. The second-order valence-electron chi connectivity index (χ2n) is 7.99. The zero-order chi connectivity index (χ0) is 22.7. The molecule has 2 heterocycles. The van der Waals surface area contributed by atoms with Crippen molar-refractivity contribution in [3.8, 4) is 0 Å². The van der Waals surface area contributed by atoms with Crippen molar-refractivity contribution in [3.63, 3.8) is 0 Å². The number of aromatic nitrogens is 1. The Morgan fingerprint density at radius 3 is 2.38 bits per heavy atom. The second-order valence-corrected chi connectivity index (χ2v) is 7.99. The highest BCUT2D eigenvalue weighted by atomic mass is 16.2. The van der Waals surface area contributed by atoms with E-state index in [0.29, 0.717) is 17.6 Å². The summed E-state index contributed by atoms with van der Waals surface area (Å²) in [6.45, 7) is 3.71. The predicted molar refractivity (Wildman–Crippen MR) is 119 cm³/mol. The molecule has 1 aromatic heterocycles. The van der Waals surface area contributed by atoms with E-state index in [9.17, 15) is 14.4 Å². The molecule has 7 nitrogen and oxygen atoms in total. The van der Waals surface area contributed by atoms with Gasteiger partial charge in [0.15, 0.2) is 0 Å². The summed E-state index contributed by atoms with van der Waals surface area (Å²) in [6.07, 6.45) is 1.83. The lowest BCUT2D eigenvalue weighted by Crippen LogP contribution is -2.41. The number of nitrogens with zero attached hydrogens (tertiary/aromatic N) is 3. The van der Waals surface area contributed by atoms with Gasteiger partial charge in [0.2, 0.25) is 0 Å². The van der Waals surface area contributed by atoms with Crippen LogP contribution >= 0.6 is 0 Å². The number of amides is 4. The Labute approximate surface area is 186 Å². The van der Waals surface area contributed by atoms with E-state index in [1.165, 1.54) is 0 Å². The number of carbonyl (C=O) groups excluding carboxylic acids is 3. The third-order valence-electron chi connectivity index (χ3n) is 5.55. The van der Waals surface area contributed by atoms with Crippen molar-refractivity contribution < 1.29 is 14.4 Å². The lowest BCUT2D eigenvalue weighted by molar-refractivity contribution is -0.134. The fourth-order valence-electron chi connectivity index (χ4n) is 3.70. The average Bonchev–Trinajstić information content (AvgIpc) is 3.00. The summed E-state index contributed by atoms with van der Waals surface area (Å²) < 4.78 is 1.84. The topological polar surface area (TPSA) is 83.8 Å². The van der Waals surface area contributed by atoms with E-state index < -0.39 is 29.9 Å². The van der Waals surface area contributed by atoms with Crippen molar-refractivity contribution in [2.75, 3.05) is 6.54 Å². The SMILES string of the molecule is Cc1ccc(C2(C)NC(=O)N(CC(=O)N=c3ccccn3Cc3ccccc3)C2=O)cc1. The Morgan fingerprint density at radius 1 is 0.969 bits per heavy atom. The van der Waals surface area contributed by atoms with Crippen LogP contribution < -0.4 is 10.8 Å². The van der Waals surface area contributed by atoms with Gasteiger partial charge in [0.25, 0.3) is 11.8 Å². The summed E-state index contributed by atoms with van der Waals surface area (Å²) in [5.41, 5.74) is 2.01. The molecule has 0 bridgehead atoms. The van der Waals surface area contributed by atoms with Crippen molar-refractivity contribution in [3.05, 3.63) is 101 Å². The van der Waals surface area contributed by atoms with Crippen molar-refractivity contribution >= 4 is 17.8 Å². The van der Waals surface area contributed by atoms with E-state index in [1.807, 2.05) is 66.2 Å². The van der Waals surface area contributed by atoms with Crippen LogP contribution in [0.5, 0.6) is 0 Å². The zero-order valence-electron chi connectivity index (χ0n) is 18.0. The molecule has 3 aromatic rings. The highest BCUT2D eigenvalue weighted by molar-refractivity contribution is 6.09. The number of hydrogen-bond acceptors (Lipinski definition) is 3. The molecular formula is C25H24N4O3. The molecule has 32 heavy (non-hydrogen) atoms. The van der Waals surface area contributed by atoms with E-state index in [2.05, 4.69) is 10.3 Å². The third kappa shape index (κ3) is 4.23. The average molecular weight is 428 g/mol. The molecule has 1 saturated heterocycles. The summed E-state index contributed by atoms with van der Waals surface area (Å²) in [7, 11) is 0. The quantitative estimate of drug-likeness (QED) is 0.635. The van der Waals surface area contributed by atoms with E-state index in [1.54, 1.807) is 31.2 Å². The summed E-state index contributed by atoms with van der Waals surface area (Å²) in [6, 6.07) is 22.0. The van der Waals surface area contributed by atoms with Crippen LogP contribution in [0.1, 0.15) is 23.6 Å². The van der Waals surface area contributed by atoms with Gasteiger partial charge in [-0.15, -0.1) is 0 Å². The Morgan fingerprint density at radius 2 is 1.66 bits per heavy atom. The van der Waals surface area contributed by atoms with E-state index >= 15 is 0 Å². The van der Waals surface area contributed by atoms with Gasteiger partial charge >= 0.3 is 6.03 Å². The van der Waals surface area contributed by atoms with Crippen LogP contribution in [0.2, 0.25) is 0 Å². The molecule has 2 aromatic carbocycles. The van der Waals surface area contributed by atoms with Gasteiger partial charge in [0.1, 0.15) is 17.6 Å². The molecule has 7 heteroatoms. The van der Waals surface area contributed by atoms with Crippen molar-refractivity contribution in [2.45, 2.75) is 25.9 Å². The normalized spacial score (nSPS) is 18.7. The maximum Gasteiger partial charge on any atom is 0.325 e. The third-order valence-corrected chi connectivity index (χ3v) is 5.55. The minimum Gasteiger partial charge on any atom is -0.328 e. The standard InChI is InChI=1S/C25H24N4O3/c1-18-11-13-20(14-12-18)25(2)23(31)29(24(32)27-25)17-22(30)26-21-10-6-7-15-28(21)16-19-8-4-3-5-9-19/h3-15H,16-17H2,1-2H3,(H,27,32). The number of urea groups is 1. The minimum atomic E-state index is -1.22. The van der Waals surface area contributed by atoms with Gasteiger partial charge in [-0.25, -0.2) is 4.79 Å². The van der Waals surface area contributed by atoms with Crippen LogP contribution in [0.3, 0.4) is 0 Å². The number of hydrogen-bond donors (Lipinski definition) is 1. The Kier molecular flexibility index (Phi) is 5.73. The molecule has 0 spiro atoms. The van der Waals surface area contributed by atoms with Gasteiger partial charge < -0.3 is 9.88 Å². The fraction of sp³-hybridized carbons (Fsp3) is 0.200. The van der Waals surface area contributed by atoms with Gasteiger partial charge in [-0.05, 0) is 37.1 Å². The molecule has 4 rings (SSSR count). The van der Waals surface area contributed by atoms with E-state index in [4.69, 9.17) is 0 Å². The van der Waals surface area contributed by atoms with Crippen molar-refractivity contribution in [1.82, 2.24) is 14.8 Å². The molecule has 1 N–H and O–H groups in total. The number of aryl methyl sites for hydroxylation is 1. The number of carbonyl (C=O) groups is 3. The summed E-state index contributed by atoms with van der Waals surface area (Å²) in [4.78, 5) is 43.4. The smallest absolute Gasteiger partial charge is 0.325 e. The lowest BCUT2D eigenvalue weighted by atomic mass is 9.91. The van der Waals surface area contributed by atoms with Crippen molar-refractivity contribution in [2.24, 2.45) is 4.99 Å². The maximum absolute atomic E-state index is 13.1. The zero-order valence-corrected chi connectivity index (χ0v) is 18.0. The van der Waals surface area contributed by atoms with Crippen LogP contribution in [0, 0.1) is 6.92 Å². The van der Waals surface area contributed by atoms with Gasteiger partial charge in [-0.1, -0.05) is 66.2 Å². The second kappa shape index (κ2) is 8.63. The van der Waals surface area contributed by atoms with E-state index in [0.717, 1.165) is 16.0 Å². The molecule has 0 aliphatic carbocycles. The first-order valence-corrected chi connectivity index (χ1v) is 10.3. The first-order chi connectivity index (χ1) is 15.4. The number of rotatable bonds is 5. The van der Waals surface area contributed by atoms with Crippen LogP contribution in [-0.2, 0) is 21.7 Å². The molecule has 162 valence electrons. The molecule has 1 aliphatic rings. The molecule has 1 fully saturated rings. The van der Waals surface area contributed by atoms with Crippen LogP contribution in [0.4, 0.5) is 4.79 Å². The molecule has 0 radical (unpaired) electrons. The van der Waals surface area contributed by atoms with Crippen LogP contribution in [0.15, 0.2) is 84.0 Å². The molecule has 1 unspecified atom stereocenters. The Bertz CT molecular complexity index is 1230. The number of pyridine rings is 1. The summed E-state index contributed by atoms with van der Waals surface area (Å²) in [5.74, 6) is -1.05. The van der Waals surface area contributed by atoms with Crippen LogP contribution in [-0.4, -0.2) is 33.9 Å². The first-order valence-electron chi connectivity index (χ1n) is 10.3. The molecular weight excluding hydrogens is 404 g/mol. The molecule has 1 aliphatic heterocycles. The summed E-state index contributed by atoms with van der Waals surface area (Å²) >= 11 is 0. The highest BCUT2D eigenvalue weighted by Crippen LogP contribution is 2.28. The summed E-state index contributed by atoms with van der Waals surface area (Å²) in [5, 5.41) is 2.72. The lowest BCUT2D eigenvalue weighted by Gasteiger charge is -2.22. The number of benzene rings is 2. The van der Waals surface area contributed by atoms with Gasteiger partial charge in [0, 0.05) is 12.7 Å². The van der Waals surface area contributed by atoms with Gasteiger partial charge in [-0.2, -0.15) is 4.99 Å². The molecule has 4 amide bonds. The van der Waals surface area contributed by atoms with Gasteiger partial charge in [-0.3, -0.25) is 14.5 Å². The van der Waals surface area contributed by atoms with Gasteiger partial charge in [0.05, 0.1) is 0 Å². The van der Waals surface area contributed by atoms with E-state index in [-0.39, 0.29) is 0 Å².